The van der Waals surface area contributed by atoms with Crippen LogP contribution in [-0.4, -0.2) is 66.3 Å². The summed E-state index contributed by atoms with van der Waals surface area (Å²) in [6.45, 7) is 2.53. The molecule has 1 fully saturated rings. The molecule has 0 bridgehead atoms. The molecule has 0 unspecified atom stereocenters. The van der Waals surface area contributed by atoms with Gasteiger partial charge in [0.25, 0.3) is 0 Å². The SMILES string of the molecule is COC(=O)[C@H](C)n1nc2c(S(=O)(=O)N3CCOCC3)cccn2c1=O. The van der Waals surface area contributed by atoms with E-state index in [0.29, 0.717) is 13.2 Å². The zero-order chi connectivity index (χ0) is 18.2. The van der Waals surface area contributed by atoms with Crippen molar-refractivity contribution in [2.45, 2.75) is 17.9 Å². The van der Waals surface area contributed by atoms with Gasteiger partial charge in [0.15, 0.2) is 11.7 Å². The Hall–Kier alpha value is -2.24. The smallest absolute Gasteiger partial charge is 0.351 e. The second kappa shape index (κ2) is 6.58. The van der Waals surface area contributed by atoms with E-state index in [1.807, 2.05) is 0 Å². The van der Waals surface area contributed by atoms with Crippen LogP contribution < -0.4 is 5.69 Å². The summed E-state index contributed by atoms with van der Waals surface area (Å²) in [4.78, 5) is 24.1. The van der Waals surface area contributed by atoms with E-state index in [-0.39, 0.29) is 23.6 Å². The molecule has 25 heavy (non-hydrogen) atoms. The highest BCUT2D eigenvalue weighted by Crippen LogP contribution is 2.20. The van der Waals surface area contributed by atoms with Gasteiger partial charge in [-0.15, -0.1) is 5.10 Å². The Morgan fingerprint density at radius 1 is 1.36 bits per heavy atom. The molecule has 1 atom stereocenters. The molecule has 0 radical (unpaired) electrons. The van der Waals surface area contributed by atoms with Crippen molar-refractivity contribution in [2.24, 2.45) is 0 Å². The summed E-state index contributed by atoms with van der Waals surface area (Å²) in [6, 6.07) is 1.87. The number of hydrogen-bond acceptors (Lipinski definition) is 7. The number of nitrogens with zero attached hydrogens (tertiary/aromatic N) is 4. The zero-order valence-electron chi connectivity index (χ0n) is 13.8. The highest BCUT2D eigenvalue weighted by molar-refractivity contribution is 7.89. The second-order valence-electron chi connectivity index (χ2n) is 5.51. The number of morpholine rings is 1. The minimum absolute atomic E-state index is 0.0326. The lowest BCUT2D eigenvalue weighted by Gasteiger charge is -2.25. The molecule has 0 spiro atoms. The van der Waals surface area contributed by atoms with Crippen molar-refractivity contribution < 1.29 is 22.7 Å². The van der Waals surface area contributed by atoms with Crippen molar-refractivity contribution in [3.8, 4) is 0 Å². The molecule has 0 saturated carbocycles. The van der Waals surface area contributed by atoms with E-state index < -0.39 is 27.7 Å². The van der Waals surface area contributed by atoms with Gasteiger partial charge in [0.2, 0.25) is 10.0 Å². The van der Waals surface area contributed by atoms with Gasteiger partial charge in [0, 0.05) is 19.3 Å². The molecule has 0 amide bonds. The van der Waals surface area contributed by atoms with E-state index in [0.717, 1.165) is 9.08 Å². The standard InChI is InChI=1S/C14H18N4O6S/c1-10(13(19)23-2)18-14(20)17-5-3-4-11(12(17)15-18)25(21,22)16-6-8-24-9-7-16/h3-5,10H,6-9H2,1-2H3/t10-/m0/s1. The molecule has 0 N–H and O–H groups in total. The molecule has 3 rings (SSSR count). The quantitative estimate of drug-likeness (QED) is 0.651. The first-order valence-electron chi connectivity index (χ1n) is 7.63. The van der Waals surface area contributed by atoms with Gasteiger partial charge in [-0.2, -0.15) is 8.99 Å². The van der Waals surface area contributed by atoms with Crippen LogP contribution in [-0.2, 0) is 24.3 Å². The van der Waals surface area contributed by atoms with Gasteiger partial charge in [-0.05, 0) is 19.1 Å². The molecular formula is C14H18N4O6S. The number of hydrogen-bond donors (Lipinski definition) is 0. The van der Waals surface area contributed by atoms with E-state index in [1.165, 1.54) is 36.7 Å². The van der Waals surface area contributed by atoms with Crippen LogP contribution in [0, 0.1) is 0 Å². The van der Waals surface area contributed by atoms with Gasteiger partial charge in [0.1, 0.15) is 4.90 Å². The van der Waals surface area contributed by atoms with E-state index in [2.05, 4.69) is 9.84 Å². The number of carbonyl (C=O) groups is 1. The Morgan fingerprint density at radius 3 is 2.68 bits per heavy atom. The first kappa shape index (κ1) is 17.6. The summed E-state index contributed by atoms with van der Waals surface area (Å²) < 4.78 is 38.9. The van der Waals surface area contributed by atoms with Crippen molar-refractivity contribution in [3.63, 3.8) is 0 Å². The number of rotatable bonds is 4. The van der Waals surface area contributed by atoms with Gasteiger partial charge < -0.3 is 9.47 Å². The topological polar surface area (TPSA) is 112 Å². The lowest BCUT2D eigenvalue weighted by molar-refractivity contribution is -0.144. The highest BCUT2D eigenvalue weighted by atomic mass is 32.2. The highest BCUT2D eigenvalue weighted by Gasteiger charge is 2.30. The fourth-order valence-corrected chi connectivity index (χ4v) is 4.17. The predicted octanol–water partition coefficient (Wildman–Crippen LogP) is -0.749. The molecule has 0 aliphatic carbocycles. The number of sulfonamides is 1. The lowest BCUT2D eigenvalue weighted by atomic mass is 10.3. The molecule has 2 aromatic heterocycles. The third-order valence-corrected chi connectivity index (χ3v) is 5.95. The Kier molecular flexibility index (Phi) is 4.62. The largest absolute Gasteiger partial charge is 0.467 e. The molecule has 1 saturated heterocycles. The molecule has 1 aliphatic heterocycles. The van der Waals surface area contributed by atoms with E-state index in [9.17, 15) is 18.0 Å². The third kappa shape index (κ3) is 2.94. The van der Waals surface area contributed by atoms with Crippen LogP contribution >= 0.6 is 0 Å². The van der Waals surface area contributed by atoms with Crippen molar-refractivity contribution in [2.75, 3.05) is 33.4 Å². The maximum atomic E-state index is 12.9. The van der Waals surface area contributed by atoms with Gasteiger partial charge in [-0.3, -0.25) is 0 Å². The average Bonchev–Trinajstić information content (AvgIpc) is 2.98. The van der Waals surface area contributed by atoms with Crippen LogP contribution in [0.5, 0.6) is 0 Å². The molecule has 3 heterocycles. The first-order valence-corrected chi connectivity index (χ1v) is 9.07. The van der Waals surface area contributed by atoms with Crippen molar-refractivity contribution >= 4 is 21.6 Å². The summed E-state index contributed by atoms with van der Waals surface area (Å²) in [5.74, 6) is -0.650. The van der Waals surface area contributed by atoms with Gasteiger partial charge in [0.05, 0.1) is 20.3 Å². The van der Waals surface area contributed by atoms with Crippen molar-refractivity contribution in [1.82, 2.24) is 18.5 Å². The lowest BCUT2D eigenvalue weighted by Crippen LogP contribution is -2.40. The van der Waals surface area contributed by atoms with Crippen LogP contribution in [0.15, 0.2) is 28.0 Å². The van der Waals surface area contributed by atoms with Gasteiger partial charge in [-0.25, -0.2) is 22.4 Å². The van der Waals surface area contributed by atoms with Crippen LogP contribution in [0.4, 0.5) is 0 Å². The number of pyridine rings is 1. The maximum Gasteiger partial charge on any atom is 0.351 e. The fourth-order valence-electron chi connectivity index (χ4n) is 2.64. The Balaban J connectivity index is 2.14. The Labute approximate surface area is 143 Å². The van der Waals surface area contributed by atoms with Crippen LogP contribution in [0.2, 0.25) is 0 Å². The number of esters is 1. The minimum Gasteiger partial charge on any atom is -0.467 e. The van der Waals surface area contributed by atoms with E-state index >= 15 is 0 Å². The summed E-state index contributed by atoms with van der Waals surface area (Å²) in [5, 5.41) is 4.07. The average molecular weight is 370 g/mol. The Bertz CT molecular complexity index is 957. The summed E-state index contributed by atoms with van der Waals surface area (Å²) >= 11 is 0. The number of methoxy groups -OCH3 is 1. The third-order valence-electron chi connectivity index (χ3n) is 4.03. The maximum absolute atomic E-state index is 12.9. The van der Waals surface area contributed by atoms with Crippen LogP contribution in [0.1, 0.15) is 13.0 Å². The van der Waals surface area contributed by atoms with E-state index in [4.69, 9.17) is 4.74 Å². The molecule has 0 aromatic carbocycles. The van der Waals surface area contributed by atoms with Crippen LogP contribution in [0.25, 0.3) is 5.65 Å². The van der Waals surface area contributed by atoms with Crippen molar-refractivity contribution in [1.29, 1.82) is 0 Å². The van der Waals surface area contributed by atoms with Gasteiger partial charge in [-0.1, -0.05) is 0 Å². The molecule has 2 aromatic rings. The number of aromatic nitrogens is 3. The number of fused-ring (bicyclic) bond motifs is 1. The molecule has 1 aliphatic rings. The molecule has 136 valence electrons. The molecular weight excluding hydrogens is 352 g/mol. The summed E-state index contributed by atoms with van der Waals surface area (Å²) in [7, 11) is -2.64. The number of ether oxygens (including phenoxy) is 2. The molecule has 10 nitrogen and oxygen atoms in total. The van der Waals surface area contributed by atoms with E-state index in [1.54, 1.807) is 0 Å². The Morgan fingerprint density at radius 2 is 2.04 bits per heavy atom. The summed E-state index contributed by atoms with van der Waals surface area (Å²) in [6.07, 6.45) is 1.41. The monoisotopic (exact) mass is 370 g/mol. The normalized spacial score (nSPS) is 17.5. The fraction of sp³-hybridized carbons (Fsp3) is 0.500. The predicted molar refractivity (Wildman–Crippen MR) is 85.8 cm³/mol. The van der Waals surface area contributed by atoms with Crippen LogP contribution in [0.3, 0.4) is 0 Å². The summed E-state index contributed by atoms with van der Waals surface area (Å²) in [5.41, 5.74) is -0.651. The molecule has 11 heteroatoms. The second-order valence-corrected chi connectivity index (χ2v) is 7.42. The zero-order valence-corrected chi connectivity index (χ0v) is 14.6. The minimum atomic E-state index is -3.84. The number of carbonyl (C=O) groups excluding carboxylic acids is 1. The van der Waals surface area contributed by atoms with Crippen molar-refractivity contribution in [3.05, 3.63) is 28.8 Å². The first-order chi connectivity index (χ1) is 11.9. The van der Waals surface area contributed by atoms with Gasteiger partial charge >= 0.3 is 11.7 Å².